The van der Waals surface area contributed by atoms with Crippen molar-refractivity contribution in [1.82, 2.24) is 19.4 Å². The predicted octanol–water partition coefficient (Wildman–Crippen LogP) is 3.26. The number of rotatable bonds is 4. The predicted molar refractivity (Wildman–Crippen MR) is 106 cm³/mol. The molecule has 1 N–H and O–H groups in total. The number of nitrogens with one attached hydrogen (secondary N) is 1. The maximum Gasteiger partial charge on any atom is 0.416 e. The van der Waals surface area contributed by atoms with Gasteiger partial charge in [0.05, 0.1) is 17.5 Å². The van der Waals surface area contributed by atoms with Crippen LogP contribution in [0.5, 0.6) is 0 Å². The van der Waals surface area contributed by atoms with Crippen molar-refractivity contribution in [1.29, 1.82) is 0 Å². The Kier molecular flexibility index (Phi) is 5.86. The maximum atomic E-state index is 13.4. The first-order valence-corrected chi connectivity index (χ1v) is 12.0. The largest absolute Gasteiger partial charge is 0.416 e. The van der Waals surface area contributed by atoms with Crippen LogP contribution in [0.1, 0.15) is 46.8 Å². The van der Waals surface area contributed by atoms with Crippen LogP contribution in [0.4, 0.5) is 17.6 Å². The summed E-state index contributed by atoms with van der Waals surface area (Å²) in [6, 6.07) is 2.91. The average molecular weight is 460 g/mol. The van der Waals surface area contributed by atoms with Crippen LogP contribution in [0.3, 0.4) is 0 Å². The topological polar surface area (TPSA) is 69.3 Å². The molecule has 170 valence electrons. The summed E-state index contributed by atoms with van der Waals surface area (Å²) >= 11 is 0. The fraction of sp³-hybridized carbons (Fsp3) is 0.550. The molecule has 0 amide bonds. The molecule has 1 aromatic heterocycles. The van der Waals surface area contributed by atoms with E-state index in [4.69, 9.17) is 0 Å². The highest BCUT2D eigenvalue weighted by Crippen LogP contribution is 2.39. The number of alkyl halides is 3. The van der Waals surface area contributed by atoms with Gasteiger partial charge >= 0.3 is 6.18 Å². The standard InChI is InChI=1S/C20H24F4N4O2S/c1-31(29,30)28-9-6-18-16(11-28)19(26-25-18)12-27-7-4-13(5-8-27)15-3-2-14(21)10-17(15)20(22,23)24/h2-3,10,13H,4-9,11-12H2,1H3,(H,25,26). The van der Waals surface area contributed by atoms with E-state index in [0.717, 1.165) is 23.0 Å². The van der Waals surface area contributed by atoms with Gasteiger partial charge in [0.25, 0.3) is 0 Å². The molecule has 0 radical (unpaired) electrons. The van der Waals surface area contributed by atoms with Crippen LogP contribution in [-0.4, -0.2) is 53.7 Å². The van der Waals surface area contributed by atoms with Crippen molar-refractivity contribution in [2.45, 2.75) is 44.4 Å². The Labute approximate surface area is 178 Å². The van der Waals surface area contributed by atoms with Crippen molar-refractivity contribution in [3.8, 4) is 0 Å². The Morgan fingerprint density at radius 2 is 1.90 bits per heavy atom. The molecule has 0 unspecified atom stereocenters. The van der Waals surface area contributed by atoms with Crippen molar-refractivity contribution >= 4 is 10.0 Å². The normalized spacial score (nSPS) is 19.5. The lowest BCUT2D eigenvalue weighted by Crippen LogP contribution is -2.36. The number of likely N-dealkylation sites (tertiary alicyclic amines) is 1. The number of hydrogen-bond acceptors (Lipinski definition) is 4. The number of halogens is 4. The van der Waals surface area contributed by atoms with Crippen molar-refractivity contribution in [3.05, 3.63) is 52.1 Å². The van der Waals surface area contributed by atoms with Crippen LogP contribution in [0.25, 0.3) is 0 Å². The molecule has 0 bridgehead atoms. The third kappa shape index (κ3) is 4.78. The van der Waals surface area contributed by atoms with Crippen molar-refractivity contribution in [2.24, 2.45) is 0 Å². The van der Waals surface area contributed by atoms with Crippen LogP contribution < -0.4 is 0 Å². The highest BCUT2D eigenvalue weighted by molar-refractivity contribution is 7.88. The minimum atomic E-state index is -4.59. The smallest absolute Gasteiger partial charge is 0.297 e. The van der Waals surface area contributed by atoms with Gasteiger partial charge in [-0.25, -0.2) is 12.8 Å². The molecule has 1 fully saturated rings. The first-order chi connectivity index (χ1) is 14.5. The van der Waals surface area contributed by atoms with Gasteiger partial charge < -0.3 is 0 Å². The van der Waals surface area contributed by atoms with Gasteiger partial charge in [0.1, 0.15) is 5.82 Å². The lowest BCUT2D eigenvalue weighted by Gasteiger charge is -2.33. The zero-order chi connectivity index (χ0) is 22.4. The molecule has 6 nitrogen and oxygen atoms in total. The molecule has 2 aliphatic heterocycles. The van der Waals surface area contributed by atoms with Crippen LogP contribution in [0.15, 0.2) is 18.2 Å². The lowest BCUT2D eigenvalue weighted by molar-refractivity contribution is -0.138. The highest BCUT2D eigenvalue weighted by Gasteiger charge is 2.36. The van der Waals surface area contributed by atoms with Crippen LogP contribution in [0, 0.1) is 5.82 Å². The third-order valence-electron chi connectivity index (χ3n) is 6.17. The molecule has 0 spiro atoms. The number of sulfonamides is 1. The van der Waals surface area contributed by atoms with E-state index in [1.54, 1.807) is 0 Å². The summed E-state index contributed by atoms with van der Waals surface area (Å²) in [5.41, 5.74) is 1.85. The van der Waals surface area contributed by atoms with Gasteiger partial charge in [-0.15, -0.1) is 0 Å². The van der Waals surface area contributed by atoms with Crippen LogP contribution >= 0.6 is 0 Å². The van der Waals surface area contributed by atoms with Crippen molar-refractivity contribution in [3.63, 3.8) is 0 Å². The Hall–Kier alpha value is -1.98. The number of aromatic amines is 1. The minimum absolute atomic E-state index is 0.148. The van der Waals surface area contributed by atoms with Gasteiger partial charge in [-0.1, -0.05) is 6.07 Å². The second-order valence-electron chi connectivity index (χ2n) is 8.25. The first-order valence-electron chi connectivity index (χ1n) is 10.1. The highest BCUT2D eigenvalue weighted by atomic mass is 32.2. The fourth-order valence-electron chi connectivity index (χ4n) is 4.49. The Balaban J connectivity index is 1.43. The molecule has 0 saturated carbocycles. The summed E-state index contributed by atoms with van der Waals surface area (Å²) in [6.45, 7) is 2.36. The second-order valence-corrected chi connectivity index (χ2v) is 10.2. The van der Waals surface area contributed by atoms with E-state index in [-0.39, 0.29) is 18.0 Å². The summed E-state index contributed by atoms with van der Waals surface area (Å²) < 4.78 is 78.7. The molecule has 2 aromatic rings. The van der Waals surface area contributed by atoms with Gasteiger partial charge in [-0.3, -0.25) is 10.00 Å². The van der Waals surface area contributed by atoms with Crippen LogP contribution in [-0.2, 0) is 35.7 Å². The number of hydrogen-bond donors (Lipinski definition) is 1. The number of aromatic nitrogens is 2. The second kappa shape index (κ2) is 8.18. The fourth-order valence-corrected chi connectivity index (χ4v) is 5.27. The van der Waals surface area contributed by atoms with E-state index in [0.29, 0.717) is 51.5 Å². The molecule has 3 heterocycles. The third-order valence-corrected chi connectivity index (χ3v) is 7.42. The Morgan fingerprint density at radius 3 is 2.55 bits per heavy atom. The molecule has 0 atom stereocenters. The summed E-state index contributed by atoms with van der Waals surface area (Å²) in [6.07, 6.45) is -1.78. The molecule has 0 aliphatic carbocycles. The summed E-state index contributed by atoms with van der Waals surface area (Å²) in [5, 5.41) is 7.36. The monoisotopic (exact) mass is 460 g/mol. The number of fused-ring (bicyclic) bond motifs is 1. The molecule has 4 rings (SSSR count). The minimum Gasteiger partial charge on any atom is -0.297 e. The van der Waals surface area contributed by atoms with Gasteiger partial charge in [0.2, 0.25) is 10.0 Å². The Morgan fingerprint density at radius 1 is 1.19 bits per heavy atom. The molecule has 1 saturated heterocycles. The number of benzene rings is 1. The quantitative estimate of drug-likeness (QED) is 0.712. The van der Waals surface area contributed by atoms with Crippen molar-refractivity contribution in [2.75, 3.05) is 25.9 Å². The van der Waals surface area contributed by atoms with Crippen LogP contribution in [0.2, 0.25) is 0 Å². The number of piperidine rings is 1. The molecule has 11 heteroatoms. The Bertz CT molecular complexity index is 1060. The maximum absolute atomic E-state index is 13.4. The van der Waals surface area contributed by atoms with Gasteiger partial charge in [0.15, 0.2) is 0 Å². The molecular weight excluding hydrogens is 436 g/mol. The zero-order valence-electron chi connectivity index (χ0n) is 17.0. The molecule has 31 heavy (non-hydrogen) atoms. The van der Waals surface area contributed by atoms with E-state index < -0.39 is 27.6 Å². The number of H-pyrrole nitrogens is 1. The number of nitrogens with zero attached hydrogens (tertiary/aromatic N) is 3. The van der Waals surface area contributed by atoms with E-state index >= 15 is 0 Å². The molecular formula is C20H24F4N4O2S. The van der Waals surface area contributed by atoms with Crippen molar-refractivity contribution < 1.29 is 26.0 Å². The first kappa shape index (κ1) is 22.2. The van der Waals surface area contributed by atoms with Gasteiger partial charge in [-0.05, 0) is 49.5 Å². The molecule has 2 aliphatic rings. The summed E-state index contributed by atoms with van der Waals surface area (Å²) in [4.78, 5) is 2.11. The molecule has 1 aromatic carbocycles. The van der Waals surface area contributed by atoms with Gasteiger partial charge in [-0.2, -0.15) is 22.6 Å². The van der Waals surface area contributed by atoms with E-state index in [1.807, 2.05) is 0 Å². The van der Waals surface area contributed by atoms with E-state index in [1.165, 1.54) is 16.6 Å². The summed E-state index contributed by atoms with van der Waals surface area (Å²) in [5.74, 6) is -1.18. The zero-order valence-corrected chi connectivity index (χ0v) is 17.9. The van der Waals surface area contributed by atoms with Gasteiger partial charge in [0, 0.05) is 37.3 Å². The van der Waals surface area contributed by atoms with E-state index in [2.05, 4.69) is 15.1 Å². The SMILES string of the molecule is CS(=O)(=O)N1CCc2[nH]nc(CN3CCC(c4ccc(F)cc4C(F)(F)F)CC3)c2C1. The van der Waals surface area contributed by atoms with E-state index in [9.17, 15) is 26.0 Å². The average Bonchev–Trinajstić information content (AvgIpc) is 3.09. The summed E-state index contributed by atoms with van der Waals surface area (Å²) in [7, 11) is -3.29. The lowest BCUT2D eigenvalue weighted by atomic mass is 9.86.